The van der Waals surface area contributed by atoms with Gasteiger partial charge >= 0.3 is 0 Å². The van der Waals surface area contributed by atoms with E-state index in [2.05, 4.69) is 5.32 Å². The number of anilines is 1. The highest BCUT2D eigenvalue weighted by molar-refractivity contribution is 7.89. The lowest BCUT2D eigenvalue weighted by atomic mass is 10.1. The summed E-state index contributed by atoms with van der Waals surface area (Å²) in [6.07, 6.45) is 0. The molecule has 152 valence electrons. The fourth-order valence-corrected chi connectivity index (χ4v) is 3.91. The van der Waals surface area contributed by atoms with Crippen molar-refractivity contribution in [3.63, 3.8) is 0 Å². The fourth-order valence-electron chi connectivity index (χ4n) is 3.29. The zero-order valence-electron chi connectivity index (χ0n) is 16.6. The van der Waals surface area contributed by atoms with Crippen LogP contribution in [0.4, 0.5) is 10.1 Å². The zero-order chi connectivity index (χ0) is 21.5. The number of hydrogen-bond donors (Lipinski definition) is 2. The van der Waals surface area contributed by atoms with Gasteiger partial charge < -0.3 is 9.88 Å². The minimum atomic E-state index is -3.90. The molecule has 3 rings (SSSR count). The Morgan fingerprint density at radius 2 is 1.66 bits per heavy atom. The van der Waals surface area contributed by atoms with Crippen molar-refractivity contribution >= 4 is 21.6 Å². The maximum Gasteiger partial charge on any atom is 0.257 e. The molecule has 0 atom stereocenters. The maximum atomic E-state index is 13.2. The fraction of sp³-hybridized carbons (Fsp3) is 0.190. The molecule has 0 radical (unpaired) electrons. The summed E-state index contributed by atoms with van der Waals surface area (Å²) in [5.74, 6) is -0.713. The molecule has 3 N–H and O–H groups in total. The highest BCUT2D eigenvalue weighted by Crippen LogP contribution is 2.26. The lowest BCUT2D eigenvalue weighted by Crippen LogP contribution is -2.17. The lowest BCUT2D eigenvalue weighted by molar-refractivity contribution is 0.102. The Morgan fingerprint density at radius 1 is 1.03 bits per heavy atom. The quantitative estimate of drug-likeness (QED) is 0.679. The Morgan fingerprint density at radius 3 is 2.24 bits per heavy atom. The molecule has 0 aliphatic heterocycles. The van der Waals surface area contributed by atoms with Gasteiger partial charge in [-0.25, -0.2) is 17.9 Å². The van der Waals surface area contributed by atoms with E-state index in [4.69, 9.17) is 5.14 Å². The third kappa shape index (κ3) is 4.08. The van der Waals surface area contributed by atoms with E-state index in [0.29, 0.717) is 22.5 Å². The molecule has 0 spiro atoms. The molecule has 0 saturated carbocycles. The molecule has 2 aromatic carbocycles. The highest BCUT2D eigenvalue weighted by atomic mass is 32.2. The third-order valence-electron chi connectivity index (χ3n) is 4.98. The van der Waals surface area contributed by atoms with Crippen LogP contribution in [0.5, 0.6) is 0 Å². The smallest absolute Gasteiger partial charge is 0.257 e. The van der Waals surface area contributed by atoms with E-state index in [1.165, 1.54) is 24.3 Å². The second kappa shape index (κ2) is 7.46. The Balaban J connectivity index is 2.00. The summed E-state index contributed by atoms with van der Waals surface area (Å²) in [6.45, 7) is 7.19. The van der Waals surface area contributed by atoms with Crippen LogP contribution in [0.2, 0.25) is 0 Å². The first-order valence-electron chi connectivity index (χ1n) is 8.89. The predicted octanol–water partition coefficient (Wildman–Crippen LogP) is 3.75. The molecule has 6 nitrogen and oxygen atoms in total. The van der Waals surface area contributed by atoms with Crippen LogP contribution in [-0.2, 0) is 10.0 Å². The van der Waals surface area contributed by atoms with Gasteiger partial charge in [-0.1, -0.05) is 0 Å². The minimum absolute atomic E-state index is 0.0623. The molecule has 1 heterocycles. The summed E-state index contributed by atoms with van der Waals surface area (Å²) < 4.78 is 38.5. The number of aryl methyl sites for hydroxylation is 2. The molecule has 1 aromatic heterocycles. The van der Waals surface area contributed by atoms with Crippen molar-refractivity contribution in [1.82, 2.24) is 4.57 Å². The molecular weight excluding hydrogens is 393 g/mol. The molecule has 0 aliphatic rings. The van der Waals surface area contributed by atoms with Crippen LogP contribution in [0.15, 0.2) is 47.4 Å². The maximum absolute atomic E-state index is 13.2. The third-order valence-corrected chi connectivity index (χ3v) is 5.87. The van der Waals surface area contributed by atoms with Crippen LogP contribution in [0.1, 0.15) is 32.9 Å². The summed E-state index contributed by atoms with van der Waals surface area (Å²) >= 11 is 0. The number of carbonyl (C=O) groups is 1. The lowest BCUT2D eigenvalue weighted by Gasteiger charge is -2.13. The average molecular weight is 415 g/mol. The van der Waals surface area contributed by atoms with Gasteiger partial charge in [0, 0.05) is 22.8 Å². The van der Waals surface area contributed by atoms with Gasteiger partial charge in [-0.15, -0.1) is 0 Å². The van der Waals surface area contributed by atoms with Crippen molar-refractivity contribution in [1.29, 1.82) is 0 Å². The summed E-state index contributed by atoms with van der Waals surface area (Å²) in [5.41, 5.74) is 4.50. The van der Waals surface area contributed by atoms with Gasteiger partial charge in [0.25, 0.3) is 5.91 Å². The Kier molecular flexibility index (Phi) is 5.34. The molecule has 29 heavy (non-hydrogen) atoms. The van der Waals surface area contributed by atoms with Gasteiger partial charge in [0.1, 0.15) is 5.82 Å². The van der Waals surface area contributed by atoms with Crippen molar-refractivity contribution in [2.45, 2.75) is 32.6 Å². The minimum Gasteiger partial charge on any atom is -0.322 e. The second-order valence-electron chi connectivity index (χ2n) is 7.01. The van der Waals surface area contributed by atoms with Crippen molar-refractivity contribution in [2.75, 3.05) is 5.32 Å². The summed E-state index contributed by atoms with van der Waals surface area (Å²) in [4.78, 5) is 12.9. The molecule has 0 aliphatic carbocycles. The van der Waals surface area contributed by atoms with Crippen molar-refractivity contribution < 1.29 is 17.6 Å². The molecular formula is C21H22FN3O3S. The first-order chi connectivity index (χ1) is 13.5. The Labute approximate surface area is 169 Å². The Bertz CT molecular complexity index is 1210. The number of primary sulfonamides is 1. The largest absolute Gasteiger partial charge is 0.322 e. The number of nitrogens with one attached hydrogen (secondary N) is 1. The average Bonchev–Trinajstić information content (AvgIpc) is 2.93. The number of nitrogens with zero attached hydrogens (tertiary/aromatic N) is 1. The van der Waals surface area contributed by atoms with Gasteiger partial charge in [0.15, 0.2) is 0 Å². The Hall–Kier alpha value is -2.97. The van der Waals surface area contributed by atoms with E-state index < -0.39 is 10.0 Å². The topological polar surface area (TPSA) is 94.2 Å². The van der Waals surface area contributed by atoms with E-state index in [1.54, 1.807) is 39.0 Å². The van der Waals surface area contributed by atoms with Crippen LogP contribution in [-0.4, -0.2) is 18.9 Å². The van der Waals surface area contributed by atoms with Crippen LogP contribution in [0, 0.1) is 33.5 Å². The molecule has 0 saturated heterocycles. The first-order valence-corrected chi connectivity index (χ1v) is 10.4. The van der Waals surface area contributed by atoms with Gasteiger partial charge in [-0.05, 0) is 81.3 Å². The number of hydrogen-bond acceptors (Lipinski definition) is 3. The van der Waals surface area contributed by atoms with Gasteiger partial charge in [0.2, 0.25) is 10.0 Å². The summed E-state index contributed by atoms with van der Waals surface area (Å²) in [6, 6.07) is 10.6. The highest BCUT2D eigenvalue weighted by Gasteiger charge is 2.19. The van der Waals surface area contributed by atoms with Crippen LogP contribution < -0.4 is 10.5 Å². The molecule has 3 aromatic rings. The van der Waals surface area contributed by atoms with Gasteiger partial charge in [0.05, 0.1) is 10.5 Å². The van der Waals surface area contributed by atoms with Crippen molar-refractivity contribution in [3.05, 3.63) is 76.4 Å². The number of nitrogens with two attached hydrogens (primary N) is 1. The van der Waals surface area contributed by atoms with Gasteiger partial charge in [-0.3, -0.25) is 4.79 Å². The normalized spacial score (nSPS) is 11.5. The van der Waals surface area contributed by atoms with Crippen LogP contribution >= 0.6 is 0 Å². The zero-order valence-corrected chi connectivity index (χ0v) is 17.4. The number of benzene rings is 2. The molecule has 0 bridgehead atoms. The van der Waals surface area contributed by atoms with Crippen LogP contribution in [0.25, 0.3) is 5.69 Å². The molecule has 8 heteroatoms. The number of sulfonamides is 1. The van der Waals surface area contributed by atoms with Gasteiger partial charge in [-0.2, -0.15) is 0 Å². The molecule has 0 unspecified atom stereocenters. The van der Waals surface area contributed by atoms with E-state index >= 15 is 0 Å². The number of rotatable bonds is 4. The number of halogens is 1. The van der Waals surface area contributed by atoms with E-state index in [-0.39, 0.29) is 16.6 Å². The second-order valence-corrected chi connectivity index (χ2v) is 8.57. The van der Waals surface area contributed by atoms with E-state index in [0.717, 1.165) is 16.9 Å². The first kappa shape index (κ1) is 20.8. The predicted molar refractivity (Wildman–Crippen MR) is 110 cm³/mol. The monoisotopic (exact) mass is 415 g/mol. The standard InChI is InChI=1S/C21H22FN3O3S/c1-12-9-18(29(23,27)28)11-20(14(12)3)24-21(26)19-10-13(2)25(15(19)4)17-7-5-16(22)6-8-17/h5-11H,1-4H3,(H,24,26)(H2,23,27,28). The van der Waals surface area contributed by atoms with Crippen molar-refractivity contribution in [2.24, 2.45) is 5.14 Å². The number of amides is 1. The molecule has 0 fully saturated rings. The van der Waals surface area contributed by atoms with Crippen molar-refractivity contribution in [3.8, 4) is 5.69 Å². The summed E-state index contributed by atoms with van der Waals surface area (Å²) in [5, 5.41) is 8.03. The van der Waals surface area contributed by atoms with E-state index in [9.17, 15) is 17.6 Å². The summed E-state index contributed by atoms with van der Waals surface area (Å²) in [7, 11) is -3.90. The number of aromatic nitrogens is 1. The number of carbonyl (C=O) groups excluding carboxylic acids is 1. The van der Waals surface area contributed by atoms with Crippen LogP contribution in [0.3, 0.4) is 0 Å². The molecule has 1 amide bonds. The van der Waals surface area contributed by atoms with E-state index in [1.807, 2.05) is 11.5 Å². The SMILES string of the molecule is Cc1cc(S(N)(=O)=O)cc(NC(=O)c2cc(C)n(-c3ccc(F)cc3)c2C)c1C.